The third-order valence-corrected chi connectivity index (χ3v) is 10.4. The maximum absolute atomic E-state index is 13.1. The molecule has 0 saturated heterocycles. The number of nitrogens with one attached hydrogen (secondary N) is 1. The Hall–Kier alpha value is -2.44. The third-order valence-electron chi connectivity index (χ3n) is 10.4. The van der Waals surface area contributed by atoms with Gasteiger partial charge in [0, 0.05) is 6.42 Å². The Morgan fingerprint density at radius 3 is 1.39 bits per heavy atom. The van der Waals surface area contributed by atoms with Gasteiger partial charge in [0.15, 0.2) is 0 Å². The summed E-state index contributed by atoms with van der Waals surface area (Å²) < 4.78 is 5.87. The SMILES string of the molecule is CC/C=C\C/C=C\C/C=C\C/C=C\C/C=C\CCCC(=O)OC(CCCCCCCCCCCC)CC(=O)NC(CO)C(O)CCCCCCCCCCCC. The summed E-state index contributed by atoms with van der Waals surface area (Å²) in [6.45, 7) is 6.32. The zero-order valence-electron chi connectivity index (χ0n) is 36.8. The summed E-state index contributed by atoms with van der Waals surface area (Å²) in [6.07, 6.45) is 52.8. The number of carbonyl (C=O) groups excluding carboxylic acids is 2. The molecule has 0 radical (unpaired) electrons. The number of hydrogen-bond acceptors (Lipinski definition) is 5. The quantitative estimate of drug-likeness (QED) is 0.0326. The van der Waals surface area contributed by atoms with Crippen LogP contribution in [0.25, 0.3) is 0 Å². The second kappa shape index (κ2) is 43.7. The number of aliphatic hydroxyl groups is 2. The molecule has 0 aromatic rings. The summed E-state index contributed by atoms with van der Waals surface area (Å²) in [5, 5.41) is 23.6. The van der Waals surface area contributed by atoms with Crippen molar-refractivity contribution in [3.05, 3.63) is 60.8 Å². The van der Waals surface area contributed by atoms with Gasteiger partial charge in [0.05, 0.1) is 25.2 Å². The Morgan fingerprint density at radius 2 is 0.946 bits per heavy atom. The third kappa shape index (κ3) is 38.4. The summed E-state index contributed by atoms with van der Waals surface area (Å²) >= 11 is 0. The lowest BCUT2D eigenvalue weighted by molar-refractivity contribution is -0.151. The fourth-order valence-corrected chi connectivity index (χ4v) is 6.82. The number of esters is 1. The van der Waals surface area contributed by atoms with Crippen LogP contribution in [-0.4, -0.2) is 46.9 Å². The van der Waals surface area contributed by atoms with Gasteiger partial charge in [0.25, 0.3) is 0 Å². The van der Waals surface area contributed by atoms with Crippen molar-refractivity contribution in [2.75, 3.05) is 6.61 Å². The maximum atomic E-state index is 13.1. The van der Waals surface area contributed by atoms with Crippen molar-refractivity contribution in [1.29, 1.82) is 0 Å². The Bertz CT molecular complexity index is 1010. The molecule has 0 saturated carbocycles. The first-order valence-corrected chi connectivity index (χ1v) is 23.5. The van der Waals surface area contributed by atoms with Gasteiger partial charge in [-0.05, 0) is 64.2 Å². The number of aliphatic hydroxyl groups excluding tert-OH is 2. The van der Waals surface area contributed by atoms with Crippen LogP contribution in [0.4, 0.5) is 0 Å². The lowest BCUT2D eigenvalue weighted by atomic mass is 10.0. The highest BCUT2D eigenvalue weighted by atomic mass is 16.5. The average Bonchev–Trinajstić information content (AvgIpc) is 3.19. The number of ether oxygens (including phenoxy) is 1. The normalized spacial score (nSPS) is 13.9. The number of hydrogen-bond donors (Lipinski definition) is 3. The topological polar surface area (TPSA) is 95.9 Å². The van der Waals surface area contributed by atoms with Crippen LogP contribution < -0.4 is 5.32 Å². The van der Waals surface area contributed by atoms with E-state index < -0.39 is 18.2 Å². The molecule has 6 nitrogen and oxygen atoms in total. The van der Waals surface area contributed by atoms with Crippen molar-refractivity contribution < 1.29 is 24.5 Å². The minimum absolute atomic E-state index is 0.0550. The van der Waals surface area contributed by atoms with Crippen LogP contribution in [-0.2, 0) is 14.3 Å². The molecule has 6 heteroatoms. The molecular formula is C50H89NO5. The zero-order chi connectivity index (χ0) is 41.0. The number of allylic oxidation sites excluding steroid dienone is 10. The van der Waals surface area contributed by atoms with E-state index in [1.54, 1.807) is 0 Å². The van der Waals surface area contributed by atoms with Crippen LogP contribution in [0.15, 0.2) is 60.8 Å². The first-order valence-electron chi connectivity index (χ1n) is 23.5. The fourth-order valence-electron chi connectivity index (χ4n) is 6.82. The monoisotopic (exact) mass is 784 g/mol. The van der Waals surface area contributed by atoms with Crippen molar-refractivity contribution in [3.8, 4) is 0 Å². The number of unbranched alkanes of at least 4 members (excludes halogenated alkanes) is 19. The lowest BCUT2D eigenvalue weighted by Gasteiger charge is -2.24. The standard InChI is InChI=1S/C50H89NO5/c1-4-7-10-13-16-19-22-23-24-25-26-27-28-31-34-37-40-43-50(55)56-46(41-38-35-32-29-20-17-14-11-8-5-2)44-49(54)51-47(45-52)48(53)42-39-36-33-30-21-18-15-12-9-6-3/h7,10,16,19,23-24,26-27,31,34,46-48,52-53H,4-6,8-9,11-15,17-18,20-22,25,28-30,32-33,35-45H2,1-3H3,(H,51,54)/b10-7-,19-16-,24-23-,27-26-,34-31-. The summed E-state index contributed by atoms with van der Waals surface area (Å²) in [5.74, 6) is -0.545. The molecule has 0 bridgehead atoms. The van der Waals surface area contributed by atoms with Crippen molar-refractivity contribution in [2.45, 2.75) is 238 Å². The molecule has 3 atom stereocenters. The van der Waals surface area contributed by atoms with Crippen molar-refractivity contribution in [3.63, 3.8) is 0 Å². The first kappa shape index (κ1) is 53.6. The van der Waals surface area contributed by atoms with E-state index in [0.717, 1.165) is 77.0 Å². The van der Waals surface area contributed by atoms with Crippen molar-refractivity contribution in [2.24, 2.45) is 0 Å². The molecule has 56 heavy (non-hydrogen) atoms. The minimum Gasteiger partial charge on any atom is -0.462 e. The molecule has 0 aromatic heterocycles. The molecule has 324 valence electrons. The molecule has 0 aliphatic heterocycles. The van der Waals surface area contributed by atoms with Gasteiger partial charge in [0.1, 0.15) is 6.10 Å². The Kier molecular flexibility index (Phi) is 41.8. The van der Waals surface area contributed by atoms with Crippen LogP contribution in [0.1, 0.15) is 220 Å². The summed E-state index contributed by atoms with van der Waals surface area (Å²) in [5.41, 5.74) is 0. The Balaban J connectivity index is 4.64. The van der Waals surface area contributed by atoms with Crippen LogP contribution in [0.2, 0.25) is 0 Å². The molecule has 0 heterocycles. The zero-order valence-corrected chi connectivity index (χ0v) is 36.8. The largest absolute Gasteiger partial charge is 0.462 e. The summed E-state index contributed by atoms with van der Waals surface area (Å²) in [4.78, 5) is 26.0. The smallest absolute Gasteiger partial charge is 0.306 e. The molecular weight excluding hydrogens is 695 g/mol. The molecule has 0 rings (SSSR count). The lowest BCUT2D eigenvalue weighted by Crippen LogP contribution is -2.46. The number of amides is 1. The predicted octanol–water partition coefficient (Wildman–Crippen LogP) is 13.7. The van der Waals surface area contributed by atoms with E-state index in [0.29, 0.717) is 25.7 Å². The van der Waals surface area contributed by atoms with Gasteiger partial charge in [-0.1, -0.05) is 204 Å². The second-order valence-corrected chi connectivity index (χ2v) is 15.8. The van der Waals surface area contributed by atoms with Gasteiger partial charge < -0.3 is 20.3 Å². The summed E-state index contributed by atoms with van der Waals surface area (Å²) in [7, 11) is 0. The van der Waals surface area contributed by atoms with E-state index in [4.69, 9.17) is 4.74 Å². The van der Waals surface area contributed by atoms with E-state index in [1.807, 2.05) is 0 Å². The molecule has 3 unspecified atom stereocenters. The Morgan fingerprint density at radius 1 is 0.536 bits per heavy atom. The highest BCUT2D eigenvalue weighted by Gasteiger charge is 2.24. The highest BCUT2D eigenvalue weighted by molar-refractivity contribution is 5.77. The second-order valence-electron chi connectivity index (χ2n) is 15.8. The van der Waals surface area contributed by atoms with Crippen molar-refractivity contribution >= 4 is 11.9 Å². The number of rotatable bonds is 41. The van der Waals surface area contributed by atoms with Gasteiger partial charge in [0.2, 0.25) is 5.91 Å². The van der Waals surface area contributed by atoms with Crippen LogP contribution in [0.5, 0.6) is 0 Å². The van der Waals surface area contributed by atoms with E-state index in [2.05, 4.69) is 86.8 Å². The molecule has 0 aliphatic rings. The van der Waals surface area contributed by atoms with Crippen molar-refractivity contribution in [1.82, 2.24) is 5.32 Å². The van der Waals surface area contributed by atoms with E-state index >= 15 is 0 Å². The molecule has 0 spiro atoms. The fraction of sp³-hybridized carbons (Fsp3) is 0.760. The van der Waals surface area contributed by atoms with E-state index in [-0.39, 0.29) is 24.9 Å². The first-order chi connectivity index (χ1) is 27.5. The van der Waals surface area contributed by atoms with Crippen LogP contribution in [0.3, 0.4) is 0 Å². The van der Waals surface area contributed by atoms with Gasteiger partial charge in [-0.15, -0.1) is 0 Å². The maximum Gasteiger partial charge on any atom is 0.306 e. The van der Waals surface area contributed by atoms with Crippen LogP contribution >= 0.6 is 0 Å². The molecule has 0 aliphatic carbocycles. The average molecular weight is 784 g/mol. The van der Waals surface area contributed by atoms with Gasteiger partial charge in [-0.2, -0.15) is 0 Å². The summed E-state index contributed by atoms with van der Waals surface area (Å²) in [6, 6.07) is -0.710. The molecule has 0 fully saturated rings. The van der Waals surface area contributed by atoms with Gasteiger partial charge in [-0.25, -0.2) is 0 Å². The van der Waals surface area contributed by atoms with E-state index in [1.165, 1.54) is 89.9 Å². The molecule has 0 aromatic carbocycles. The Labute approximate surface area is 346 Å². The highest BCUT2D eigenvalue weighted by Crippen LogP contribution is 2.17. The minimum atomic E-state index is -0.795. The number of carbonyl (C=O) groups is 2. The molecule has 3 N–H and O–H groups in total. The predicted molar refractivity (Wildman–Crippen MR) is 241 cm³/mol. The molecule has 1 amide bonds. The van der Waals surface area contributed by atoms with Gasteiger partial charge in [-0.3, -0.25) is 9.59 Å². The van der Waals surface area contributed by atoms with E-state index in [9.17, 15) is 19.8 Å². The van der Waals surface area contributed by atoms with Crippen LogP contribution in [0, 0.1) is 0 Å². The van der Waals surface area contributed by atoms with Gasteiger partial charge >= 0.3 is 5.97 Å².